The van der Waals surface area contributed by atoms with Crippen molar-refractivity contribution in [1.82, 2.24) is 10.0 Å². The number of hydrogen-bond donors (Lipinski definition) is 2. The van der Waals surface area contributed by atoms with Crippen molar-refractivity contribution in [3.05, 3.63) is 64.1 Å². The molecule has 0 atom stereocenters. The maximum Gasteiger partial charge on any atom is 0.252 e. The van der Waals surface area contributed by atoms with Gasteiger partial charge in [0.15, 0.2) is 0 Å². The normalized spacial score (nSPS) is 16.0. The quantitative estimate of drug-likeness (QED) is 0.699. The fourth-order valence-electron chi connectivity index (χ4n) is 3.27. The first kappa shape index (κ1) is 20.0. The second kappa shape index (κ2) is 7.73. The van der Waals surface area contributed by atoms with E-state index in [0.29, 0.717) is 5.56 Å². The summed E-state index contributed by atoms with van der Waals surface area (Å²) in [5.74, 6) is -0.267. The largest absolute Gasteiger partial charge is 0.343 e. The highest BCUT2D eigenvalue weighted by Gasteiger charge is 2.40. The molecule has 2 aromatic rings. The molecule has 0 bridgehead atoms. The molecule has 5 nitrogen and oxygen atoms in total. The number of carbonyl (C=O) groups is 1. The van der Waals surface area contributed by atoms with Crippen LogP contribution < -0.4 is 10.0 Å². The van der Waals surface area contributed by atoms with Crippen LogP contribution in [0, 0.1) is 0 Å². The van der Waals surface area contributed by atoms with Gasteiger partial charge in [-0.15, -0.1) is 0 Å². The van der Waals surface area contributed by atoms with Gasteiger partial charge in [-0.2, -0.15) is 0 Å². The van der Waals surface area contributed by atoms with Gasteiger partial charge in [0.1, 0.15) is 0 Å². The van der Waals surface area contributed by atoms with Crippen molar-refractivity contribution in [3.8, 4) is 0 Å². The Labute approximate surface area is 168 Å². The van der Waals surface area contributed by atoms with Crippen molar-refractivity contribution < 1.29 is 13.2 Å². The van der Waals surface area contributed by atoms with Crippen LogP contribution in [0.4, 0.5) is 0 Å². The fourth-order valence-corrected chi connectivity index (χ4v) is 4.97. The lowest BCUT2D eigenvalue weighted by Crippen LogP contribution is -2.50. The van der Waals surface area contributed by atoms with Crippen molar-refractivity contribution in [1.29, 1.82) is 0 Å². The average Bonchev–Trinajstić information content (AvgIpc) is 2.57. The van der Waals surface area contributed by atoms with Crippen LogP contribution in [0.3, 0.4) is 0 Å². The van der Waals surface area contributed by atoms with Crippen molar-refractivity contribution in [2.75, 3.05) is 0 Å². The van der Waals surface area contributed by atoms with Gasteiger partial charge in [0.05, 0.1) is 10.4 Å². The number of amides is 1. The highest BCUT2D eigenvalue weighted by Crippen LogP contribution is 2.42. The maximum absolute atomic E-state index is 12.9. The van der Waals surface area contributed by atoms with Crippen molar-refractivity contribution in [2.45, 2.75) is 49.6 Å². The van der Waals surface area contributed by atoms with Crippen LogP contribution in [0.5, 0.6) is 0 Å². The van der Waals surface area contributed by atoms with Gasteiger partial charge in [-0.3, -0.25) is 4.79 Å². The zero-order valence-corrected chi connectivity index (χ0v) is 17.7. The zero-order chi connectivity index (χ0) is 19.7. The number of sulfonamides is 1. The maximum atomic E-state index is 12.9. The monoisotopic (exact) mass is 450 g/mol. The van der Waals surface area contributed by atoms with Gasteiger partial charge < -0.3 is 5.32 Å². The number of hydrogen-bond acceptors (Lipinski definition) is 3. The minimum Gasteiger partial charge on any atom is -0.343 e. The van der Waals surface area contributed by atoms with E-state index in [2.05, 4.69) is 26.0 Å². The van der Waals surface area contributed by atoms with Crippen molar-refractivity contribution in [2.24, 2.45) is 0 Å². The standard InChI is InChI=1S/C20H23BrN2O3S/c1-14(2)23-27(25,26)18-9-3-6-15(12-18)19(24)22-20(10-5-11-20)16-7-4-8-17(21)13-16/h3-4,6-9,12-14,23H,5,10-11H2,1-2H3,(H,22,24). The van der Waals surface area contributed by atoms with Gasteiger partial charge in [-0.1, -0.05) is 34.1 Å². The van der Waals surface area contributed by atoms with E-state index in [1.54, 1.807) is 26.0 Å². The lowest BCUT2D eigenvalue weighted by molar-refractivity contribution is 0.0823. The molecule has 1 amide bonds. The van der Waals surface area contributed by atoms with E-state index in [9.17, 15) is 13.2 Å². The van der Waals surface area contributed by atoms with E-state index in [-0.39, 0.29) is 16.8 Å². The van der Waals surface area contributed by atoms with Crippen LogP contribution in [-0.2, 0) is 15.6 Å². The number of nitrogens with one attached hydrogen (secondary N) is 2. The fraction of sp³-hybridized carbons (Fsp3) is 0.350. The molecule has 3 rings (SSSR count). The molecular weight excluding hydrogens is 428 g/mol. The Morgan fingerprint density at radius 2 is 1.81 bits per heavy atom. The Morgan fingerprint density at radius 3 is 2.41 bits per heavy atom. The molecule has 0 heterocycles. The first-order chi connectivity index (χ1) is 12.7. The molecule has 1 saturated carbocycles. The van der Waals surface area contributed by atoms with Crippen molar-refractivity contribution >= 4 is 31.9 Å². The van der Waals surface area contributed by atoms with Crippen LogP contribution in [0.25, 0.3) is 0 Å². The van der Waals surface area contributed by atoms with Gasteiger partial charge in [0.25, 0.3) is 5.91 Å². The van der Waals surface area contributed by atoms with Gasteiger partial charge in [0, 0.05) is 16.1 Å². The molecule has 0 aromatic heterocycles. The molecule has 1 aliphatic rings. The molecule has 2 N–H and O–H groups in total. The van der Waals surface area contributed by atoms with E-state index in [0.717, 1.165) is 29.3 Å². The Kier molecular flexibility index (Phi) is 5.74. The number of halogens is 1. The van der Waals surface area contributed by atoms with Crippen LogP contribution in [0.1, 0.15) is 49.0 Å². The third-order valence-electron chi connectivity index (χ3n) is 4.73. The minimum atomic E-state index is -3.64. The Balaban J connectivity index is 1.85. The summed E-state index contributed by atoms with van der Waals surface area (Å²) < 4.78 is 28.3. The summed E-state index contributed by atoms with van der Waals surface area (Å²) in [5, 5.41) is 3.13. The Hall–Kier alpha value is -1.70. The number of rotatable bonds is 6. The molecule has 1 fully saturated rings. The van der Waals surface area contributed by atoms with Gasteiger partial charge >= 0.3 is 0 Å². The van der Waals surface area contributed by atoms with E-state index in [4.69, 9.17) is 0 Å². The summed E-state index contributed by atoms with van der Waals surface area (Å²) in [6, 6.07) is 13.9. The lowest BCUT2D eigenvalue weighted by atomic mass is 9.71. The second-order valence-electron chi connectivity index (χ2n) is 7.20. The SMILES string of the molecule is CC(C)NS(=O)(=O)c1cccc(C(=O)NC2(c3cccc(Br)c3)CCC2)c1. The molecule has 144 valence electrons. The minimum absolute atomic E-state index is 0.0916. The van der Waals surface area contributed by atoms with Crippen LogP contribution in [0.2, 0.25) is 0 Å². The van der Waals surface area contributed by atoms with Crippen LogP contribution >= 0.6 is 15.9 Å². The molecule has 7 heteroatoms. The first-order valence-corrected chi connectivity index (χ1v) is 11.2. The highest BCUT2D eigenvalue weighted by molar-refractivity contribution is 9.10. The zero-order valence-electron chi connectivity index (χ0n) is 15.3. The van der Waals surface area contributed by atoms with E-state index < -0.39 is 15.6 Å². The molecule has 2 aromatic carbocycles. The summed E-state index contributed by atoms with van der Waals surface area (Å²) in [7, 11) is -3.64. The second-order valence-corrected chi connectivity index (χ2v) is 9.83. The first-order valence-electron chi connectivity index (χ1n) is 8.93. The van der Waals surface area contributed by atoms with Crippen LogP contribution in [0.15, 0.2) is 57.9 Å². The highest BCUT2D eigenvalue weighted by atomic mass is 79.9. The summed E-state index contributed by atoms with van der Waals surface area (Å²) >= 11 is 3.48. The number of carbonyl (C=O) groups excluding carboxylic acids is 1. The van der Waals surface area contributed by atoms with Gasteiger partial charge in [-0.05, 0) is 69.0 Å². The number of benzene rings is 2. The molecule has 0 unspecified atom stereocenters. The smallest absolute Gasteiger partial charge is 0.252 e. The molecule has 0 spiro atoms. The molecule has 0 saturated heterocycles. The predicted molar refractivity (Wildman–Crippen MR) is 109 cm³/mol. The predicted octanol–water partition coefficient (Wildman–Crippen LogP) is 3.95. The van der Waals surface area contributed by atoms with Gasteiger partial charge in [0.2, 0.25) is 10.0 Å². The molecule has 27 heavy (non-hydrogen) atoms. The van der Waals surface area contributed by atoms with E-state index in [1.165, 1.54) is 12.1 Å². The third-order valence-corrected chi connectivity index (χ3v) is 6.88. The topological polar surface area (TPSA) is 75.3 Å². The van der Waals surface area contributed by atoms with Crippen molar-refractivity contribution in [3.63, 3.8) is 0 Å². The molecule has 0 aliphatic heterocycles. The summed E-state index contributed by atoms with van der Waals surface area (Å²) in [6.07, 6.45) is 2.77. The summed E-state index contributed by atoms with van der Waals surface area (Å²) in [4.78, 5) is 13.0. The lowest BCUT2D eigenvalue weighted by Gasteiger charge is -2.43. The Morgan fingerprint density at radius 1 is 1.11 bits per heavy atom. The Bertz CT molecular complexity index is 953. The average molecular weight is 451 g/mol. The summed E-state index contributed by atoms with van der Waals surface area (Å²) in [6.45, 7) is 3.51. The third kappa shape index (κ3) is 4.42. The summed E-state index contributed by atoms with van der Waals surface area (Å²) in [5.41, 5.74) is 0.996. The van der Waals surface area contributed by atoms with Crippen LogP contribution in [-0.4, -0.2) is 20.4 Å². The van der Waals surface area contributed by atoms with E-state index in [1.807, 2.05) is 24.3 Å². The molecule has 1 aliphatic carbocycles. The van der Waals surface area contributed by atoms with E-state index >= 15 is 0 Å². The molecular formula is C20H23BrN2O3S. The molecule has 0 radical (unpaired) electrons. The van der Waals surface area contributed by atoms with Gasteiger partial charge in [-0.25, -0.2) is 13.1 Å².